The fourth-order valence-corrected chi connectivity index (χ4v) is 3.38. The first-order valence-electron chi connectivity index (χ1n) is 8.15. The maximum absolute atomic E-state index is 10.9. The van der Waals surface area contributed by atoms with Crippen molar-refractivity contribution in [3.63, 3.8) is 0 Å². The minimum absolute atomic E-state index is 0.197. The topological polar surface area (TPSA) is 69.7 Å². The fraction of sp³-hybridized carbons (Fsp3) is 0.158. The SMILES string of the molecule is COc1cc(Cl)cc(Oc2ncc(Oc3ccc(C(C)NC(=O)Cl)cc3)s2)c1. The van der Waals surface area contributed by atoms with Crippen LogP contribution in [-0.2, 0) is 0 Å². The monoisotopic (exact) mass is 438 g/mol. The third-order valence-electron chi connectivity index (χ3n) is 3.68. The molecule has 0 aliphatic carbocycles. The van der Waals surface area contributed by atoms with Gasteiger partial charge in [-0.25, -0.2) is 4.98 Å². The van der Waals surface area contributed by atoms with Crippen molar-refractivity contribution in [2.75, 3.05) is 7.11 Å². The van der Waals surface area contributed by atoms with E-state index in [0.717, 1.165) is 5.56 Å². The van der Waals surface area contributed by atoms with Crippen LogP contribution in [0.3, 0.4) is 0 Å². The largest absolute Gasteiger partial charge is 0.497 e. The summed E-state index contributed by atoms with van der Waals surface area (Å²) in [5.41, 5.74) is 0.907. The van der Waals surface area contributed by atoms with Crippen LogP contribution in [0.4, 0.5) is 4.79 Å². The molecule has 146 valence electrons. The van der Waals surface area contributed by atoms with Crippen LogP contribution in [0.15, 0.2) is 48.7 Å². The summed E-state index contributed by atoms with van der Waals surface area (Å²) >= 11 is 12.6. The van der Waals surface area contributed by atoms with E-state index in [-0.39, 0.29) is 6.04 Å². The Hall–Kier alpha value is -2.48. The zero-order valence-electron chi connectivity index (χ0n) is 14.9. The third-order valence-corrected chi connectivity index (χ3v) is 4.76. The molecule has 3 rings (SSSR count). The molecule has 0 saturated carbocycles. The molecule has 0 radical (unpaired) electrons. The lowest BCUT2D eigenvalue weighted by Gasteiger charge is -2.12. The Balaban J connectivity index is 1.64. The van der Waals surface area contributed by atoms with Gasteiger partial charge in [0.25, 0.3) is 5.19 Å². The summed E-state index contributed by atoms with van der Waals surface area (Å²) in [5, 5.41) is 3.50. The first-order valence-corrected chi connectivity index (χ1v) is 9.72. The van der Waals surface area contributed by atoms with Crippen molar-refractivity contribution in [1.82, 2.24) is 10.3 Å². The molecular formula is C19H16Cl2N2O4S. The summed E-state index contributed by atoms with van der Waals surface area (Å²) < 4.78 is 16.7. The van der Waals surface area contributed by atoms with E-state index in [9.17, 15) is 4.79 Å². The van der Waals surface area contributed by atoms with Crippen molar-refractivity contribution in [2.45, 2.75) is 13.0 Å². The molecule has 6 nitrogen and oxygen atoms in total. The molecule has 0 aliphatic heterocycles. The number of benzene rings is 2. The molecule has 0 spiro atoms. The summed E-state index contributed by atoms with van der Waals surface area (Å²) in [6.07, 6.45) is 1.58. The highest BCUT2D eigenvalue weighted by Crippen LogP contribution is 2.36. The Morgan fingerprint density at radius 2 is 1.82 bits per heavy atom. The second-order valence-corrected chi connectivity index (χ2v) is 7.42. The smallest absolute Gasteiger partial charge is 0.314 e. The van der Waals surface area contributed by atoms with Crippen molar-refractivity contribution in [3.05, 3.63) is 59.2 Å². The van der Waals surface area contributed by atoms with Crippen molar-refractivity contribution in [1.29, 1.82) is 0 Å². The maximum Gasteiger partial charge on any atom is 0.314 e. The molecule has 2 aromatic carbocycles. The first kappa shape index (κ1) is 20.3. The number of nitrogens with one attached hydrogen (secondary N) is 1. The van der Waals surface area contributed by atoms with Gasteiger partial charge in [-0.05, 0) is 59.7 Å². The number of carbonyl (C=O) groups is 1. The molecule has 3 aromatic rings. The highest BCUT2D eigenvalue weighted by Gasteiger charge is 2.10. The zero-order chi connectivity index (χ0) is 20.1. The molecule has 1 atom stereocenters. The van der Waals surface area contributed by atoms with Crippen LogP contribution >= 0.6 is 34.5 Å². The minimum Gasteiger partial charge on any atom is -0.497 e. The van der Waals surface area contributed by atoms with E-state index in [1.54, 1.807) is 43.6 Å². The lowest BCUT2D eigenvalue weighted by Crippen LogP contribution is -2.20. The summed E-state index contributed by atoms with van der Waals surface area (Å²) in [6.45, 7) is 1.84. The number of nitrogens with zero attached hydrogens (tertiary/aromatic N) is 1. The van der Waals surface area contributed by atoms with E-state index in [0.29, 0.717) is 32.5 Å². The van der Waals surface area contributed by atoms with Gasteiger partial charge in [-0.15, -0.1) is 0 Å². The van der Waals surface area contributed by atoms with Crippen LogP contribution in [-0.4, -0.2) is 17.5 Å². The number of hydrogen-bond acceptors (Lipinski definition) is 6. The van der Waals surface area contributed by atoms with E-state index in [1.165, 1.54) is 11.3 Å². The van der Waals surface area contributed by atoms with Gasteiger partial charge in [0.2, 0.25) is 5.06 Å². The maximum atomic E-state index is 10.9. The molecule has 0 bridgehead atoms. The lowest BCUT2D eigenvalue weighted by atomic mass is 10.1. The van der Waals surface area contributed by atoms with Gasteiger partial charge in [0.15, 0.2) is 0 Å². The Morgan fingerprint density at radius 1 is 1.11 bits per heavy atom. The quantitative estimate of drug-likeness (QED) is 0.341. The standard InChI is InChI=1S/C19H16Cl2N2O4S/c1-11(23-18(21)24)12-3-5-14(6-4-12)26-17-10-22-19(28-17)27-16-8-13(20)7-15(9-16)25-2/h3-11H,1-2H3,(H,23,24). The number of methoxy groups -OCH3 is 1. The van der Waals surface area contributed by atoms with Crippen LogP contribution in [0, 0.1) is 0 Å². The van der Waals surface area contributed by atoms with Gasteiger partial charge in [0.05, 0.1) is 19.3 Å². The van der Waals surface area contributed by atoms with Gasteiger partial charge in [0.1, 0.15) is 17.2 Å². The summed E-state index contributed by atoms with van der Waals surface area (Å²) in [7, 11) is 1.56. The third kappa shape index (κ3) is 5.51. The molecule has 0 fully saturated rings. The second-order valence-electron chi connectivity index (χ2n) is 5.68. The van der Waals surface area contributed by atoms with Gasteiger partial charge in [-0.3, -0.25) is 4.79 Å². The van der Waals surface area contributed by atoms with E-state index < -0.39 is 5.37 Å². The highest BCUT2D eigenvalue weighted by atomic mass is 35.5. The number of hydrogen-bond donors (Lipinski definition) is 1. The predicted molar refractivity (Wildman–Crippen MR) is 110 cm³/mol. The molecule has 1 heterocycles. The van der Waals surface area contributed by atoms with Gasteiger partial charge in [-0.1, -0.05) is 23.7 Å². The number of halogens is 2. The molecule has 9 heteroatoms. The Morgan fingerprint density at radius 3 is 2.50 bits per heavy atom. The molecule has 1 aromatic heterocycles. The van der Waals surface area contributed by atoms with Gasteiger partial charge in [-0.2, -0.15) is 0 Å². The zero-order valence-corrected chi connectivity index (χ0v) is 17.3. The summed E-state index contributed by atoms with van der Waals surface area (Å²) in [5.74, 6) is 1.74. The molecule has 1 N–H and O–H groups in total. The molecule has 0 saturated heterocycles. The number of carbonyl (C=O) groups excluding carboxylic acids is 1. The van der Waals surface area contributed by atoms with Crippen molar-refractivity contribution >= 4 is 39.9 Å². The number of ether oxygens (including phenoxy) is 3. The molecule has 0 aliphatic rings. The normalized spacial score (nSPS) is 11.6. The Bertz CT molecular complexity index is 963. The predicted octanol–water partition coefficient (Wildman–Crippen LogP) is 6.40. The average Bonchev–Trinajstić information content (AvgIpc) is 3.08. The summed E-state index contributed by atoms with van der Waals surface area (Å²) in [6, 6.07) is 12.2. The summed E-state index contributed by atoms with van der Waals surface area (Å²) in [4.78, 5) is 15.1. The van der Waals surface area contributed by atoms with E-state index in [4.69, 9.17) is 37.4 Å². The Labute approximate surface area is 176 Å². The van der Waals surface area contributed by atoms with E-state index in [2.05, 4.69) is 10.3 Å². The van der Waals surface area contributed by atoms with E-state index in [1.807, 2.05) is 19.1 Å². The lowest BCUT2D eigenvalue weighted by molar-refractivity contribution is 0.257. The highest BCUT2D eigenvalue weighted by molar-refractivity contribution is 7.15. The van der Waals surface area contributed by atoms with Crippen molar-refractivity contribution < 1.29 is 19.0 Å². The molecule has 28 heavy (non-hydrogen) atoms. The fourth-order valence-electron chi connectivity index (χ4n) is 2.35. The van der Waals surface area contributed by atoms with Crippen LogP contribution in [0.1, 0.15) is 18.5 Å². The number of thiazole rings is 1. The average molecular weight is 439 g/mol. The van der Waals surface area contributed by atoms with Crippen molar-refractivity contribution in [2.24, 2.45) is 0 Å². The van der Waals surface area contributed by atoms with Crippen LogP contribution in [0.25, 0.3) is 0 Å². The van der Waals surface area contributed by atoms with Gasteiger partial charge in [0, 0.05) is 11.1 Å². The van der Waals surface area contributed by atoms with Crippen LogP contribution in [0.5, 0.6) is 27.5 Å². The molecule has 1 amide bonds. The van der Waals surface area contributed by atoms with Crippen LogP contribution in [0.2, 0.25) is 5.02 Å². The minimum atomic E-state index is -0.595. The Kier molecular flexibility index (Phi) is 6.61. The number of aromatic nitrogens is 1. The number of rotatable bonds is 7. The van der Waals surface area contributed by atoms with Crippen LogP contribution < -0.4 is 19.5 Å². The van der Waals surface area contributed by atoms with Gasteiger partial charge < -0.3 is 19.5 Å². The number of amides is 1. The van der Waals surface area contributed by atoms with Crippen molar-refractivity contribution in [3.8, 4) is 27.5 Å². The molecular weight excluding hydrogens is 423 g/mol. The van der Waals surface area contributed by atoms with Gasteiger partial charge >= 0.3 is 5.37 Å². The molecule has 1 unspecified atom stereocenters. The van der Waals surface area contributed by atoms with E-state index >= 15 is 0 Å². The second kappa shape index (κ2) is 9.14. The first-order chi connectivity index (χ1) is 13.4.